The van der Waals surface area contributed by atoms with Gasteiger partial charge in [-0.2, -0.15) is 0 Å². The molecule has 2 atom stereocenters. The third kappa shape index (κ3) is 2.55. The topological polar surface area (TPSA) is 67.3 Å². The van der Waals surface area contributed by atoms with Gasteiger partial charge >= 0.3 is 0 Å². The van der Waals surface area contributed by atoms with Crippen LogP contribution in [0.4, 0.5) is 0 Å². The van der Waals surface area contributed by atoms with Gasteiger partial charge in [0.15, 0.2) is 0 Å². The lowest BCUT2D eigenvalue weighted by Gasteiger charge is -2.42. The zero-order valence-electron chi connectivity index (χ0n) is 15.1. The molecule has 6 heteroatoms. The molecule has 1 amide bonds. The van der Waals surface area contributed by atoms with Crippen LogP contribution < -0.4 is 10.3 Å². The van der Waals surface area contributed by atoms with Crippen molar-refractivity contribution in [2.24, 2.45) is 5.92 Å². The van der Waals surface area contributed by atoms with E-state index in [1.54, 1.807) is 13.2 Å². The lowest BCUT2D eigenvalue weighted by atomic mass is 9.83. The van der Waals surface area contributed by atoms with E-state index >= 15 is 0 Å². The third-order valence-corrected chi connectivity index (χ3v) is 5.84. The molecule has 0 spiro atoms. The van der Waals surface area contributed by atoms with Gasteiger partial charge in [-0.15, -0.1) is 0 Å². The fraction of sp³-hybridized carbons (Fsp3) is 0.333. The van der Waals surface area contributed by atoms with Gasteiger partial charge in [0.2, 0.25) is 0 Å². The summed E-state index contributed by atoms with van der Waals surface area (Å²) in [6.45, 7) is 2.02. The first-order chi connectivity index (χ1) is 13.1. The van der Waals surface area contributed by atoms with Crippen LogP contribution in [0, 0.1) is 5.92 Å². The van der Waals surface area contributed by atoms with E-state index in [2.05, 4.69) is 4.98 Å². The molecule has 0 aliphatic carbocycles. The van der Waals surface area contributed by atoms with Gasteiger partial charge in [0.1, 0.15) is 11.4 Å². The maximum Gasteiger partial charge on any atom is 0.270 e. The van der Waals surface area contributed by atoms with Gasteiger partial charge in [-0.1, -0.05) is 12.1 Å². The van der Waals surface area contributed by atoms with Crippen LogP contribution in [0.3, 0.4) is 0 Å². The summed E-state index contributed by atoms with van der Waals surface area (Å²) in [5.74, 6) is 1.30. The number of nitrogens with one attached hydrogen (secondary N) is 1. The second-order valence-electron chi connectivity index (χ2n) is 7.51. The standard InChI is InChI=1S/C21H21N3O3/c1-27-19-6-2-4-16-15(19)9-17(22-16)21(26)23-10-13-8-14(12-23)18-5-3-7-20(25)24(18)11-13/h2-7,9,13-14,22H,8,10-12H2,1H3/t13-,14+/m1/s1. The van der Waals surface area contributed by atoms with Crippen LogP contribution in [-0.4, -0.2) is 40.6 Å². The zero-order valence-corrected chi connectivity index (χ0v) is 15.1. The van der Waals surface area contributed by atoms with Crippen LogP contribution in [0.2, 0.25) is 0 Å². The van der Waals surface area contributed by atoms with Crippen LogP contribution >= 0.6 is 0 Å². The number of aromatic nitrogens is 2. The molecule has 2 aromatic heterocycles. The first-order valence-corrected chi connectivity index (χ1v) is 9.29. The Labute approximate surface area is 156 Å². The number of amides is 1. The van der Waals surface area contributed by atoms with Crippen LogP contribution in [0.5, 0.6) is 5.75 Å². The summed E-state index contributed by atoms with van der Waals surface area (Å²) in [5, 5.41) is 0.914. The molecule has 0 radical (unpaired) electrons. The number of carbonyl (C=O) groups is 1. The minimum Gasteiger partial charge on any atom is -0.496 e. The first kappa shape index (κ1) is 16.2. The summed E-state index contributed by atoms with van der Waals surface area (Å²) in [7, 11) is 1.63. The summed E-state index contributed by atoms with van der Waals surface area (Å²) in [5.41, 5.74) is 2.59. The van der Waals surface area contributed by atoms with Crippen molar-refractivity contribution in [1.82, 2.24) is 14.5 Å². The Hall–Kier alpha value is -3.02. The molecule has 0 unspecified atom stereocenters. The number of benzene rings is 1. The normalized spacial score (nSPS) is 21.1. The van der Waals surface area contributed by atoms with Gasteiger partial charge in [0.25, 0.3) is 11.5 Å². The molecule has 3 aromatic rings. The summed E-state index contributed by atoms with van der Waals surface area (Å²) in [6, 6.07) is 13.1. The number of fused-ring (bicyclic) bond motifs is 5. The Balaban J connectivity index is 1.46. The molecular formula is C21H21N3O3. The molecular weight excluding hydrogens is 342 g/mol. The molecule has 2 bridgehead atoms. The van der Waals surface area contributed by atoms with Crippen molar-refractivity contribution < 1.29 is 9.53 Å². The number of hydrogen-bond acceptors (Lipinski definition) is 3. The molecule has 1 saturated heterocycles. The predicted octanol–water partition coefficient (Wildman–Crippen LogP) is 2.60. The van der Waals surface area contributed by atoms with Gasteiger partial charge < -0.3 is 19.2 Å². The van der Waals surface area contributed by atoms with Crippen molar-refractivity contribution >= 4 is 16.8 Å². The molecule has 6 nitrogen and oxygen atoms in total. The molecule has 0 saturated carbocycles. The summed E-state index contributed by atoms with van der Waals surface area (Å²) >= 11 is 0. The zero-order chi connectivity index (χ0) is 18.5. The lowest BCUT2D eigenvalue weighted by Crippen LogP contribution is -2.49. The number of rotatable bonds is 2. The molecule has 5 rings (SSSR count). The van der Waals surface area contributed by atoms with Crippen molar-refractivity contribution in [3.05, 3.63) is 64.2 Å². The Bertz CT molecular complexity index is 1100. The summed E-state index contributed by atoms with van der Waals surface area (Å²) < 4.78 is 7.28. The van der Waals surface area contributed by atoms with Gasteiger partial charge in [-0.3, -0.25) is 9.59 Å². The number of methoxy groups -OCH3 is 1. The van der Waals surface area contributed by atoms with Crippen molar-refractivity contribution in [2.75, 3.05) is 20.2 Å². The number of carbonyl (C=O) groups excluding carboxylic acids is 1. The Kier molecular flexibility index (Phi) is 3.60. The van der Waals surface area contributed by atoms with Crippen molar-refractivity contribution in [3.8, 4) is 5.75 Å². The van der Waals surface area contributed by atoms with E-state index in [4.69, 9.17) is 4.74 Å². The number of likely N-dealkylation sites (tertiary alicyclic amines) is 1. The van der Waals surface area contributed by atoms with Gasteiger partial charge in [-0.05, 0) is 36.6 Å². The van der Waals surface area contributed by atoms with E-state index in [0.29, 0.717) is 31.2 Å². The Morgan fingerprint density at radius 2 is 2.00 bits per heavy atom. The minimum absolute atomic E-state index is 0.00896. The van der Waals surface area contributed by atoms with E-state index in [9.17, 15) is 9.59 Å². The Morgan fingerprint density at radius 1 is 1.15 bits per heavy atom. The molecule has 1 N–H and O–H groups in total. The van der Waals surface area contributed by atoms with Crippen LogP contribution in [-0.2, 0) is 6.54 Å². The average Bonchev–Trinajstić information content (AvgIpc) is 3.12. The maximum absolute atomic E-state index is 13.2. The van der Waals surface area contributed by atoms with E-state index < -0.39 is 0 Å². The molecule has 2 aliphatic heterocycles. The third-order valence-electron chi connectivity index (χ3n) is 5.84. The lowest BCUT2D eigenvalue weighted by molar-refractivity contribution is 0.0589. The minimum atomic E-state index is 0.00896. The monoisotopic (exact) mass is 363 g/mol. The van der Waals surface area contributed by atoms with Crippen molar-refractivity contribution in [3.63, 3.8) is 0 Å². The number of piperidine rings is 1. The van der Waals surface area contributed by atoms with Crippen molar-refractivity contribution in [2.45, 2.75) is 18.9 Å². The van der Waals surface area contributed by atoms with Gasteiger partial charge in [0, 0.05) is 48.2 Å². The molecule has 138 valence electrons. The number of H-pyrrole nitrogens is 1. The van der Waals surface area contributed by atoms with E-state index in [1.165, 1.54) is 0 Å². The first-order valence-electron chi connectivity index (χ1n) is 9.29. The quantitative estimate of drug-likeness (QED) is 0.761. The van der Waals surface area contributed by atoms with Gasteiger partial charge in [-0.25, -0.2) is 0 Å². The van der Waals surface area contributed by atoms with Crippen LogP contribution in [0.15, 0.2) is 47.3 Å². The average molecular weight is 363 g/mol. The number of ether oxygens (including phenoxy) is 1. The predicted molar refractivity (Wildman–Crippen MR) is 102 cm³/mol. The highest BCUT2D eigenvalue weighted by Gasteiger charge is 2.36. The fourth-order valence-corrected chi connectivity index (χ4v) is 4.65. The second-order valence-corrected chi connectivity index (χ2v) is 7.51. The van der Waals surface area contributed by atoms with E-state index in [0.717, 1.165) is 28.8 Å². The highest BCUT2D eigenvalue weighted by atomic mass is 16.5. The second kappa shape index (κ2) is 6.01. The van der Waals surface area contributed by atoms with Crippen LogP contribution in [0.25, 0.3) is 10.9 Å². The molecule has 2 aliphatic rings. The highest BCUT2D eigenvalue weighted by molar-refractivity contribution is 5.99. The summed E-state index contributed by atoms with van der Waals surface area (Å²) in [4.78, 5) is 30.5. The summed E-state index contributed by atoms with van der Waals surface area (Å²) in [6.07, 6.45) is 1.04. The number of aromatic amines is 1. The maximum atomic E-state index is 13.2. The Morgan fingerprint density at radius 3 is 2.85 bits per heavy atom. The van der Waals surface area contributed by atoms with Crippen LogP contribution in [0.1, 0.15) is 28.5 Å². The highest BCUT2D eigenvalue weighted by Crippen LogP contribution is 2.36. The smallest absolute Gasteiger partial charge is 0.270 e. The molecule has 1 fully saturated rings. The molecule has 4 heterocycles. The SMILES string of the molecule is COc1cccc2[nH]c(C(=O)N3C[C@H]4C[C@@H](C3)c3cccc(=O)n3C4)cc12. The largest absolute Gasteiger partial charge is 0.496 e. The fourth-order valence-electron chi connectivity index (χ4n) is 4.65. The number of hydrogen-bond donors (Lipinski definition) is 1. The molecule has 1 aromatic carbocycles. The number of pyridine rings is 1. The number of nitrogens with zero attached hydrogens (tertiary/aromatic N) is 2. The van der Waals surface area contributed by atoms with Crippen molar-refractivity contribution in [1.29, 1.82) is 0 Å². The molecule has 27 heavy (non-hydrogen) atoms. The van der Waals surface area contributed by atoms with E-state index in [1.807, 2.05) is 45.9 Å². The van der Waals surface area contributed by atoms with Gasteiger partial charge in [0.05, 0.1) is 7.11 Å². The van der Waals surface area contributed by atoms with E-state index in [-0.39, 0.29) is 17.4 Å².